The van der Waals surface area contributed by atoms with Crippen LogP contribution >= 0.6 is 0 Å². The van der Waals surface area contributed by atoms with Crippen LogP contribution < -0.4 is 5.32 Å². The van der Waals surface area contributed by atoms with Gasteiger partial charge in [0.25, 0.3) is 0 Å². The molecule has 24 atom stereocenters. The Balaban J connectivity index is 1.00. The molecule has 11 unspecified atom stereocenters. The molecule has 4 aliphatic heterocycles. The fourth-order valence-electron chi connectivity index (χ4n) is 13.4. The van der Waals surface area contributed by atoms with Crippen LogP contribution in [0.15, 0.2) is 11.6 Å². The minimum Gasteiger partial charge on any atom is -0.396 e. The van der Waals surface area contributed by atoms with E-state index in [2.05, 4.69) is 25.2 Å². The topological polar surface area (TPSA) is 314 Å². The molecule has 0 aromatic heterocycles. The minimum atomic E-state index is -1.85. The van der Waals surface area contributed by atoms with E-state index in [1.807, 2.05) is 13.8 Å². The Hall–Kier alpha value is -1.60. The van der Waals surface area contributed by atoms with Gasteiger partial charge in [0.15, 0.2) is 18.9 Å². The summed E-state index contributed by atoms with van der Waals surface area (Å²) in [6, 6.07) is 0. The van der Waals surface area contributed by atoms with Crippen LogP contribution in [-0.4, -0.2) is 192 Å². The number of Topliss-reactive ketones (excluding diaryl/α,β-unsaturated/α-hetero) is 2. The molecule has 8 rings (SSSR count). The maximum absolute atomic E-state index is 14.0. The highest BCUT2D eigenvalue weighted by Crippen LogP contribution is 2.76. The minimum absolute atomic E-state index is 0.0136. The highest BCUT2D eigenvalue weighted by molar-refractivity contribution is 5.94. The van der Waals surface area contributed by atoms with E-state index in [9.17, 15) is 60.7 Å². The SMILES string of the molecule is CC1O[C@@H](OC2C(O)[C@H](O[C@@H]3OC(CO)[C@@H](O)C(O)C3O)C(CO)O[C@H]2OC2CC[C@@]3(C)C(=CC[C@]45N[C@]46CC(=O)C([C@H](C)C(=O)CC[C@@H](C)CO)[C@@]6(C)CC[C@H]35)C2)C(O)C(O)[C@H]1O. The van der Waals surface area contributed by atoms with Crippen LogP contribution in [0.5, 0.6) is 0 Å². The second kappa shape index (κ2) is 18.0. The molecule has 2 spiro atoms. The molecule has 0 aromatic rings. The van der Waals surface area contributed by atoms with Gasteiger partial charge in [-0.15, -0.1) is 0 Å². The number of rotatable bonds is 14. The van der Waals surface area contributed by atoms with Gasteiger partial charge in [0.05, 0.1) is 31.0 Å². The van der Waals surface area contributed by atoms with Crippen molar-refractivity contribution >= 4 is 11.6 Å². The van der Waals surface area contributed by atoms with E-state index in [4.69, 9.17) is 28.4 Å². The first-order valence-corrected chi connectivity index (χ1v) is 23.3. The molecule has 64 heavy (non-hydrogen) atoms. The molecule has 19 nitrogen and oxygen atoms in total. The van der Waals surface area contributed by atoms with Crippen molar-refractivity contribution in [2.24, 2.45) is 34.5 Å². The molecular formula is C45H71NO18. The summed E-state index contributed by atoms with van der Waals surface area (Å²) in [5.41, 5.74) is -0.202. The lowest BCUT2D eigenvalue weighted by atomic mass is 9.47. The molecular weight excluding hydrogens is 842 g/mol. The van der Waals surface area contributed by atoms with Gasteiger partial charge >= 0.3 is 0 Å². The molecule has 0 bridgehead atoms. The zero-order valence-corrected chi connectivity index (χ0v) is 37.3. The highest BCUT2D eigenvalue weighted by atomic mass is 16.8. The molecule has 19 heteroatoms. The van der Waals surface area contributed by atoms with Crippen molar-refractivity contribution in [2.45, 2.75) is 202 Å². The van der Waals surface area contributed by atoms with Gasteiger partial charge in [-0.05, 0) is 74.5 Å². The average molecular weight is 914 g/mol. The maximum Gasteiger partial charge on any atom is 0.187 e. The predicted octanol–water partition coefficient (Wildman–Crippen LogP) is -1.93. The number of aliphatic hydroxyl groups excluding tert-OH is 10. The van der Waals surface area contributed by atoms with Gasteiger partial charge in [-0.25, -0.2) is 0 Å². The normalized spacial score (nSPS) is 52.1. The lowest BCUT2D eigenvalue weighted by Gasteiger charge is -2.56. The van der Waals surface area contributed by atoms with Crippen molar-refractivity contribution in [2.75, 3.05) is 19.8 Å². The van der Waals surface area contributed by atoms with Gasteiger partial charge in [0, 0.05) is 36.8 Å². The molecule has 4 aliphatic carbocycles. The standard InChI is InChI=1S/C45H71NO18/c1-19(16-47)6-7-24(50)20(2)29-25(51)15-45-43(29,5)12-10-28-42(4)11-9-23(14-22(42)8-13-44(28,45)46-45)60-41-38(64-39-34(56)32(54)30(52)21(3)59-39)36(58)37(27(18-49)62-41)63-40-35(57)33(55)31(53)26(17-48)61-40/h8,19-21,23,26-41,46-49,52-58H,6-7,9-18H2,1-5H3/t19-,20-,21?,23?,26?,27?,28-,29?,30+,31-,32?,33?,34?,35?,36?,37-,38?,39+,40+,41-,42+,43-,44-,45+/m1/s1. The smallest absolute Gasteiger partial charge is 0.187 e. The summed E-state index contributed by atoms with van der Waals surface area (Å²) in [5.74, 6) is -0.378. The first-order chi connectivity index (χ1) is 30.2. The van der Waals surface area contributed by atoms with Gasteiger partial charge < -0.3 is 84.8 Å². The molecule has 7 fully saturated rings. The van der Waals surface area contributed by atoms with E-state index in [-0.39, 0.29) is 46.9 Å². The lowest BCUT2D eigenvalue weighted by Crippen LogP contribution is -2.67. The summed E-state index contributed by atoms with van der Waals surface area (Å²) in [6.07, 6.45) is -16.4. The van der Waals surface area contributed by atoms with E-state index in [0.29, 0.717) is 44.9 Å². The molecule has 0 radical (unpaired) electrons. The zero-order chi connectivity index (χ0) is 46.4. The van der Waals surface area contributed by atoms with Crippen LogP contribution in [0.25, 0.3) is 0 Å². The molecule has 4 heterocycles. The summed E-state index contributed by atoms with van der Waals surface area (Å²) in [6.45, 7) is 8.29. The number of nitrogens with one attached hydrogen (secondary N) is 1. The molecule has 11 N–H and O–H groups in total. The Morgan fingerprint density at radius 2 is 1.44 bits per heavy atom. The molecule has 0 aromatic carbocycles. The first-order valence-electron chi connectivity index (χ1n) is 23.3. The highest BCUT2D eigenvalue weighted by Gasteiger charge is 2.85. The third kappa shape index (κ3) is 7.70. The van der Waals surface area contributed by atoms with E-state index >= 15 is 0 Å². The van der Waals surface area contributed by atoms with Crippen molar-refractivity contribution < 1.29 is 89.1 Å². The van der Waals surface area contributed by atoms with Gasteiger partial charge in [0.1, 0.15) is 78.7 Å². The second-order valence-electron chi connectivity index (χ2n) is 20.9. The fourth-order valence-corrected chi connectivity index (χ4v) is 13.4. The summed E-state index contributed by atoms with van der Waals surface area (Å²) >= 11 is 0. The number of fused-ring (bicyclic) bond motifs is 2. The third-order valence-electron chi connectivity index (χ3n) is 17.3. The van der Waals surface area contributed by atoms with E-state index in [1.54, 1.807) is 0 Å². The monoisotopic (exact) mass is 913 g/mol. The van der Waals surface area contributed by atoms with Crippen molar-refractivity contribution in [3.63, 3.8) is 0 Å². The van der Waals surface area contributed by atoms with Crippen LogP contribution in [0.2, 0.25) is 0 Å². The number of ether oxygens (including phenoxy) is 6. The largest absolute Gasteiger partial charge is 0.396 e. The van der Waals surface area contributed by atoms with Crippen LogP contribution in [-0.2, 0) is 38.0 Å². The van der Waals surface area contributed by atoms with E-state index in [0.717, 1.165) is 12.8 Å². The Kier molecular flexibility index (Phi) is 13.8. The molecule has 0 amide bonds. The molecule has 3 saturated carbocycles. The number of ketones is 2. The maximum atomic E-state index is 14.0. The van der Waals surface area contributed by atoms with Crippen molar-refractivity contribution in [1.29, 1.82) is 0 Å². The van der Waals surface area contributed by atoms with Crippen molar-refractivity contribution in [1.82, 2.24) is 5.32 Å². The van der Waals surface area contributed by atoms with Gasteiger partial charge in [-0.2, -0.15) is 0 Å². The number of hydrogen-bond donors (Lipinski definition) is 11. The second-order valence-corrected chi connectivity index (χ2v) is 20.9. The first kappa shape index (κ1) is 48.8. The lowest BCUT2D eigenvalue weighted by molar-refractivity contribution is -0.389. The summed E-state index contributed by atoms with van der Waals surface area (Å²) in [4.78, 5) is 27.5. The van der Waals surface area contributed by atoms with Crippen molar-refractivity contribution in [3.05, 3.63) is 11.6 Å². The number of carbonyl (C=O) groups is 2. The van der Waals surface area contributed by atoms with Crippen molar-refractivity contribution in [3.8, 4) is 0 Å². The average Bonchev–Trinajstić information content (AvgIpc) is 3.87. The van der Waals surface area contributed by atoms with Crippen LogP contribution in [0.3, 0.4) is 0 Å². The number of hydrogen-bond acceptors (Lipinski definition) is 19. The van der Waals surface area contributed by atoms with Crippen LogP contribution in [0.1, 0.15) is 92.4 Å². The Labute approximate surface area is 373 Å². The number of carbonyl (C=O) groups excluding carboxylic acids is 2. The predicted molar refractivity (Wildman–Crippen MR) is 219 cm³/mol. The van der Waals surface area contributed by atoms with Gasteiger partial charge in [-0.3, -0.25) is 9.59 Å². The van der Waals surface area contributed by atoms with E-state index < -0.39 is 128 Å². The molecule has 8 aliphatic rings. The fraction of sp³-hybridized carbons (Fsp3) is 0.911. The Morgan fingerprint density at radius 3 is 2.11 bits per heavy atom. The third-order valence-corrected chi connectivity index (χ3v) is 17.3. The molecule has 4 saturated heterocycles. The van der Waals surface area contributed by atoms with Gasteiger partial charge in [-0.1, -0.05) is 39.3 Å². The Morgan fingerprint density at radius 1 is 0.797 bits per heavy atom. The molecule has 364 valence electrons. The van der Waals surface area contributed by atoms with Crippen LogP contribution in [0, 0.1) is 34.5 Å². The summed E-state index contributed by atoms with van der Waals surface area (Å²) in [7, 11) is 0. The van der Waals surface area contributed by atoms with E-state index in [1.165, 1.54) is 12.5 Å². The quantitative estimate of drug-likeness (QED) is 0.0668. The zero-order valence-electron chi connectivity index (χ0n) is 37.3. The van der Waals surface area contributed by atoms with Crippen LogP contribution in [0.4, 0.5) is 0 Å². The Bertz CT molecular complexity index is 1750. The summed E-state index contributed by atoms with van der Waals surface area (Å²) < 4.78 is 36.2. The number of aliphatic hydroxyl groups is 10. The van der Waals surface area contributed by atoms with Gasteiger partial charge in [0.2, 0.25) is 0 Å². The summed E-state index contributed by atoms with van der Waals surface area (Å²) in [5, 5.41) is 109.